The zero-order valence-corrected chi connectivity index (χ0v) is 25.2. The van der Waals surface area contributed by atoms with E-state index in [-0.39, 0.29) is 30.2 Å². The lowest BCUT2D eigenvalue weighted by Gasteiger charge is -2.50. The van der Waals surface area contributed by atoms with E-state index in [4.69, 9.17) is 9.26 Å². The van der Waals surface area contributed by atoms with Crippen LogP contribution >= 0.6 is 0 Å². The number of aromatic nitrogens is 3. The molecule has 1 amide bonds. The molecule has 1 aromatic carbocycles. The molecule has 0 spiro atoms. The zero-order chi connectivity index (χ0) is 30.9. The molecule has 2 unspecified atom stereocenters. The number of hydrogen-bond donors (Lipinski definition) is 4. The Morgan fingerprint density at radius 2 is 1.93 bits per heavy atom. The number of aliphatic hydroxyl groups is 2. The van der Waals surface area contributed by atoms with Crippen molar-refractivity contribution in [3.05, 3.63) is 42.2 Å². The summed E-state index contributed by atoms with van der Waals surface area (Å²) >= 11 is 0. The first kappa shape index (κ1) is 29.7. The highest BCUT2D eigenvalue weighted by atomic mass is 16.5. The number of likely N-dealkylation sites (tertiary alicyclic amines) is 2. The van der Waals surface area contributed by atoms with Gasteiger partial charge in [0, 0.05) is 70.0 Å². The SMILES string of the molecule is O=C(Cc1cc(OCCN2CCC(N3CCN4c5cc(-c6ccccc6O)nnc5NC[C@H]4C3)C(O)C2)no1)N1CC[C@@H](O)C1. The number of carbonyl (C=O) groups excluding carboxylic acids is 1. The third-order valence-corrected chi connectivity index (χ3v) is 9.42. The number of fused-ring (bicyclic) bond motifs is 3. The monoisotopic (exact) mass is 620 g/mol. The van der Waals surface area contributed by atoms with Crippen LogP contribution in [0.3, 0.4) is 0 Å². The molecule has 14 nitrogen and oxygen atoms in total. The molecule has 0 bridgehead atoms. The number of nitrogens with zero attached hydrogens (tertiary/aromatic N) is 7. The number of piperidine rings is 1. The number of hydrogen-bond acceptors (Lipinski definition) is 13. The van der Waals surface area contributed by atoms with Crippen molar-refractivity contribution in [1.82, 2.24) is 30.1 Å². The van der Waals surface area contributed by atoms with Crippen LogP contribution in [0.15, 0.2) is 40.9 Å². The minimum absolute atomic E-state index is 0.0884. The average molecular weight is 621 g/mol. The Hall–Kier alpha value is -3.98. The van der Waals surface area contributed by atoms with Crippen molar-refractivity contribution in [2.45, 2.75) is 43.6 Å². The quantitative estimate of drug-likeness (QED) is 0.274. The predicted octanol–water partition coefficient (Wildman–Crippen LogP) is 0.403. The van der Waals surface area contributed by atoms with Gasteiger partial charge in [0.2, 0.25) is 5.91 Å². The van der Waals surface area contributed by atoms with E-state index in [0.717, 1.165) is 50.6 Å². The molecule has 0 saturated carbocycles. The van der Waals surface area contributed by atoms with Crippen LogP contribution in [0.25, 0.3) is 11.3 Å². The summed E-state index contributed by atoms with van der Waals surface area (Å²) in [6.45, 7) is 6.63. The summed E-state index contributed by atoms with van der Waals surface area (Å²) in [4.78, 5) is 21.0. The number of phenolic OH excluding ortho intramolecular Hbond substituents is 1. The second-order valence-corrected chi connectivity index (χ2v) is 12.4. The standard InChI is InChI=1S/C31H40N8O6/c40-21-5-8-38(18-21)30(43)14-22-13-29(35-45-22)44-12-11-36-7-6-25(28(42)19-36)37-9-10-39-20(17-37)16-32-31-26(39)15-24(33-34-31)23-3-1-2-4-27(23)41/h1-4,13,15,20-21,25,28,40-42H,5-12,14,16-19H2,(H,32,34)/t20-,21+,25?,28?/m0/s1. The van der Waals surface area contributed by atoms with Crippen LogP contribution in [0.4, 0.5) is 11.5 Å². The Balaban J connectivity index is 0.880. The number of aliphatic hydroxyl groups excluding tert-OH is 2. The number of para-hydroxylation sites is 1. The van der Waals surface area contributed by atoms with E-state index >= 15 is 0 Å². The van der Waals surface area contributed by atoms with Gasteiger partial charge in [0.05, 0.1) is 36.1 Å². The molecule has 45 heavy (non-hydrogen) atoms. The van der Waals surface area contributed by atoms with E-state index < -0.39 is 12.2 Å². The Bertz CT molecular complexity index is 1500. The number of ether oxygens (including phenoxy) is 1. The minimum Gasteiger partial charge on any atom is -0.507 e. The summed E-state index contributed by atoms with van der Waals surface area (Å²) in [5.74, 6) is 1.62. The van der Waals surface area contributed by atoms with Gasteiger partial charge < -0.3 is 39.7 Å². The summed E-state index contributed by atoms with van der Waals surface area (Å²) in [5, 5.41) is 47.3. The van der Waals surface area contributed by atoms with Gasteiger partial charge in [0.1, 0.15) is 18.1 Å². The number of β-amino-alcohol motifs (C(OH)–C–C–N with tert-alkyl or cyclic N) is 2. The largest absolute Gasteiger partial charge is 0.507 e. The Kier molecular flexibility index (Phi) is 8.45. The lowest BCUT2D eigenvalue weighted by atomic mass is 9.97. The maximum Gasteiger partial charge on any atom is 0.254 e. The Morgan fingerprint density at radius 3 is 2.76 bits per heavy atom. The number of rotatable bonds is 8. The van der Waals surface area contributed by atoms with Crippen molar-refractivity contribution in [2.24, 2.45) is 0 Å². The Labute approximate surface area is 261 Å². The van der Waals surface area contributed by atoms with Crippen LogP contribution in [-0.2, 0) is 11.2 Å². The molecule has 2 aromatic heterocycles. The number of nitrogens with one attached hydrogen (secondary N) is 1. The topological polar surface area (TPSA) is 164 Å². The van der Waals surface area contributed by atoms with Gasteiger partial charge in [-0.25, -0.2) is 0 Å². The van der Waals surface area contributed by atoms with E-state index in [1.165, 1.54) is 0 Å². The van der Waals surface area contributed by atoms with Crippen molar-refractivity contribution in [1.29, 1.82) is 0 Å². The van der Waals surface area contributed by atoms with Gasteiger partial charge >= 0.3 is 0 Å². The molecule has 4 atom stereocenters. The fourth-order valence-electron chi connectivity index (χ4n) is 7.00. The molecule has 4 aliphatic heterocycles. The van der Waals surface area contributed by atoms with Gasteiger partial charge in [-0.15, -0.1) is 10.2 Å². The van der Waals surface area contributed by atoms with Gasteiger partial charge in [0.25, 0.3) is 5.88 Å². The van der Waals surface area contributed by atoms with Crippen LogP contribution in [0.2, 0.25) is 0 Å². The molecular weight excluding hydrogens is 580 g/mol. The van der Waals surface area contributed by atoms with E-state index in [0.29, 0.717) is 62.1 Å². The molecule has 3 aromatic rings. The van der Waals surface area contributed by atoms with Crippen LogP contribution in [0.5, 0.6) is 11.6 Å². The summed E-state index contributed by atoms with van der Waals surface area (Å²) in [6.07, 6.45) is 0.634. The number of aromatic hydroxyl groups is 1. The zero-order valence-electron chi connectivity index (χ0n) is 25.2. The highest BCUT2D eigenvalue weighted by Crippen LogP contribution is 2.36. The molecular formula is C31H40N8O6. The van der Waals surface area contributed by atoms with Crippen molar-refractivity contribution in [2.75, 3.05) is 75.7 Å². The highest BCUT2D eigenvalue weighted by molar-refractivity contribution is 5.78. The molecule has 14 heteroatoms. The molecule has 7 rings (SSSR count). The van der Waals surface area contributed by atoms with E-state index in [1.54, 1.807) is 23.1 Å². The second-order valence-electron chi connectivity index (χ2n) is 12.4. The van der Waals surface area contributed by atoms with Gasteiger partial charge in [0.15, 0.2) is 5.82 Å². The molecule has 6 heterocycles. The lowest BCUT2D eigenvalue weighted by molar-refractivity contribution is -0.130. The van der Waals surface area contributed by atoms with Crippen LogP contribution < -0.4 is 15.0 Å². The van der Waals surface area contributed by atoms with Crippen LogP contribution in [0.1, 0.15) is 18.6 Å². The maximum atomic E-state index is 12.4. The average Bonchev–Trinajstić information content (AvgIpc) is 3.69. The van der Waals surface area contributed by atoms with Crippen molar-refractivity contribution < 1.29 is 29.4 Å². The Morgan fingerprint density at radius 1 is 1.04 bits per heavy atom. The van der Waals surface area contributed by atoms with Gasteiger partial charge in [-0.05, 0) is 42.7 Å². The first-order chi connectivity index (χ1) is 21.9. The third-order valence-electron chi connectivity index (χ3n) is 9.42. The van der Waals surface area contributed by atoms with Crippen LogP contribution in [-0.4, -0.2) is 141 Å². The van der Waals surface area contributed by atoms with E-state index in [9.17, 15) is 20.1 Å². The summed E-state index contributed by atoms with van der Waals surface area (Å²) in [7, 11) is 0. The highest BCUT2D eigenvalue weighted by Gasteiger charge is 2.39. The molecule has 3 fully saturated rings. The smallest absolute Gasteiger partial charge is 0.254 e. The van der Waals surface area contributed by atoms with Crippen LogP contribution in [0, 0.1) is 0 Å². The summed E-state index contributed by atoms with van der Waals surface area (Å²) in [5.41, 5.74) is 2.29. The predicted molar refractivity (Wildman–Crippen MR) is 164 cm³/mol. The molecule has 3 saturated heterocycles. The minimum atomic E-state index is -0.471. The molecule has 0 radical (unpaired) electrons. The van der Waals surface area contributed by atoms with E-state index in [1.807, 2.05) is 18.2 Å². The molecule has 4 N–H and O–H groups in total. The number of piperazine rings is 1. The van der Waals surface area contributed by atoms with Crippen molar-refractivity contribution >= 4 is 17.4 Å². The fourth-order valence-corrected chi connectivity index (χ4v) is 7.00. The maximum absolute atomic E-state index is 12.4. The van der Waals surface area contributed by atoms with E-state index in [2.05, 4.69) is 35.4 Å². The number of carbonyl (C=O) groups is 1. The second kappa shape index (κ2) is 12.8. The first-order valence-corrected chi connectivity index (χ1v) is 15.8. The summed E-state index contributed by atoms with van der Waals surface area (Å²) < 4.78 is 11.1. The number of phenols is 1. The number of amides is 1. The normalized spacial score (nSPS) is 25.5. The fraction of sp³-hybridized carbons (Fsp3) is 0.548. The van der Waals surface area contributed by atoms with Crippen molar-refractivity contribution in [3.8, 4) is 22.9 Å². The first-order valence-electron chi connectivity index (χ1n) is 15.8. The third kappa shape index (κ3) is 6.41. The molecule has 4 aliphatic rings. The van der Waals surface area contributed by atoms with Gasteiger partial charge in [-0.1, -0.05) is 12.1 Å². The molecule has 0 aliphatic carbocycles. The number of anilines is 2. The van der Waals surface area contributed by atoms with Crippen molar-refractivity contribution in [3.63, 3.8) is 0 Å². The molecule has 240 valence electrons. The summed E-state index contributed by atoms with van der Waals surface area (Å²) in [6, 6.07) is 11.1. The number of benzene rings is 1. The van der Waals surface area contributed by atoms with Gasteiger partial charge in [-0.3, -0.25) is 14.6 Å². The lowest BCUT2D eigenvalue weighted by Crippen LogP contribution is -2.63. The van der Waals surface area contributed by atoms with Gasteiger partial charge in [-0.2, -0.15) is 0 Å².